The van der Waals surface area contributed by atoms with Gasteiger partial charge >= 0.3 is 6.18 Å². The Morgan fingerprint density at radius 2 is 1.74 bits per heavy atom. The summed E-state index contributed by atoms with van der Waals surface area (Å²) in [6.07, 6.45) is 0.280. The van der Waals surface area contributed by atoms with E-state index in [1.807, 2.05) is 13.8 Å². The first-order chi connectivity index (χ1) is 19.7. The molecule has 0 unspecified atom stereocenters. The van der Waals surface area contributed by atoms with E-state index in [9.17, 15) is 26.7 Å². The number of nitrogens with one attached hydrogen (secondary N) is 1. The van der Waals surface area contributed by atoms with Gasteiger partial charge in [-0.25, -0.2) is 13.4 Å². The van der Waals surface area contributed by atoms with E-state index in [0.717, 1.165) is 38.7 Å². The molecule has 1 spiro atoms. The van der Waals surface area contributed by atoms with Crippen LogP contribution in [0, 0.1) is 18.3 Å². The van der Waals surface area contributed by atoms with E-state index >= 15 is 0 Å². The Bertz CT molecular complexity index is 1390. The van der Waals surface area contributed by atoms with Crippen LogP contribution in [-0.2, 0) is 16.0 Å². The minimum atomic E-state index is -4.64. The molecule has 2 N–H and O–H groups in total. The molecule has 12 heteroatoms. The van der Waals surface area contributed by atoms with E-state index < -0.39 is 27.2 Å². The summed E-state index contributed by atoms with van der Waals surface area (Å²) in [6.45, 7) is 11.3. The highest BCUT2D eigenvalue weighted by Gasteiger charge is 2.51. The Morgan fingerprint density at radius 1 is 1.10 bits per heavy atom. The van der Waals surface area contributed by atoms with Gasteiger partial charge in [-0.05, 0) is 100 Å². The molecule has 0 atom stereocenters. The molecule has 232 valence electrons. The van der Waals surface area contributed by atoms with Crippen LogP contribution in [0.3, 0.4) is 0 Å². The number of rotatable bonds is 7. The normalized spacial score (nSPS) is 21.5. The van der Waals surface area contributed by atoms with Crippen molar-refractivity contribution in [1.29, 1.82) is 0 Å². The van der Waals surface area contributed by atoms with Crippen LogP contribution in [0.1, 0.15) is 70.4 Å². The molecule has 3 aliphatic rings. The molecule has 2 saturated heterocycles. The van der Waals surface area contributed by atoms with Crippen molar-refractivity contribution in [2.75, 3.05) is 42.9 Å². The number of hydrogen-bond donors (Lipinski definition) is 2. The molecule has 0 radical (unpaired) electrons. The number of likely N-dealkylation sites (tertiary alicyclic amines) is 1. The molecular weight excluding hydrogens is 567 g/mol. The van der Waals surface area contributed by atoms with Gasteiger partial charge in [-0.3, -0.25) is 0 Å². The van der Waals surface area contributed by atoms with Gasteiger partial charge in [0.25, 0.3) is 0 Å². The van der Waals surface area contributed by atoms with Crippen molar-refractivity contribution >= 4 is 27.3 Å². The second kappa shape index (κ2) is 11.2. The summed E-state index contributed by atoms with van der Waals surface area (Å²) < 4.78 is 68.5. The molecule has 3 heterocycles. The number of hydrogen-bond acceptors (Lipinski definition) is 8. The van der Waals surface area contributed by atoms with Gasteiger partial charge in [-0.15, -0.1) is 0 Å². The second-order valence-corrected chi connectivity index (χ2v) is 15.0. The van der Waals surface area contributed by atoms with Crippen molar-refractivity contribution in [1.82, 2.24) is 14.9 Å². The van der Waals surface area contributed by atoms with Crippen LogP contribution in [0.2, 0.25) is 0 Å². The van der Waals surface area contributed by atoms with E-state index in [1.165, 1.54) is 0 Å². The molecule has 0 amide bonds. The maximum absolute atomic E-state index is 13.9. The average Bonchev–Trinajstić information content (AvgIpc) is 2.92. The highest BCUT2D eigenvalue weighted by atomic mass is 32.2. The van der Waals surface area contributed by atoms with Crippen LogP contribution in [0.4, 0.5) is 30.6 Å². The van der Waals surface area contributed by atoms with Crippen molar-refractivity contribution in [2.45, 2.75) is 88.1 Å². The van der Waals surface area contributed by atoms with Crippen molar-refractivity contribution in [3.05, 3.63) is 35.5 Å². The molecule has 1 saturated carbocycles. The summed E-state index contributed by atoms with van der Waals surface area (Å²) in [5.74, 6) is -0.254. The number of aliphatic hydroxyl groups is 1. The third-order valence-electron chi connectivity index (χ3n) is 9.97. The first-order valence-electron chi connectivity index (χ1n) is 14.9. The summed E-state index contributed by atoms with van der Waals surface area (Å²) in [5.41, 5.74) is -0.565. The number of aromatic nitrogens is 2. The lowest BCUT2D eigenvalue weighted by atomic mass is 9.63. The SMILES string of the molecule is CCN1CCC2(CC1)CC(S(=O)(=O)c1ccc(Nc3ncc(C(F)(F)F)c(N4CCC(O)(C(C)C)CC4)n3)c(C)c1)C2. The van der Waals surface area contributed by atoms with Crippen LogP contribution in [0.15, 0.2) is 29.3 Å². The Balaban J connectivity index is 1.31. The predicted molar refractivity (Wildman–Crippen MR) is 157 cm³/mol. The molecule has 3 fully saturated rings. The molecule has 0 bridgehead atoms. The second-order valence-electron chi connectivity index (χ2n) is 12.8. The first-order valence-corrected chi connectivity index (χ1v) is 16.5. The molecule has 5 rings (SSSR count). The molecule has 8 nitrogen and oxygen atoms in total. The summed E-state index contributed by atoms with van der Waals surface area (Å²) >= 11 is 0. The fourth-order valence-electron chi connectivity index (χ4n) is 6.70. The molecule has 2 aromatic rings. The molecule has 1 aliphatic carbocycles. The van der Waals surface area contributed by atoms with Crippen LogP contribution >= 0.6 is 0 Å². The van der Waals surface area contributed by atoms with E-state index in [-0.39, 0.29) is 46.3 Å². The fourth-order valence-corrected chi connectivity index (χ4v) is 8.83. The Labute approximate surface area is 246 Å². The van der Waals surface area contributed by atoms with Crippen LogP contribution in [0.5, 0.6) is 0 Å². The molecule has 42 heavy (non-hydrogen) atoms. The summed E-state index contributed by atoms with van der Waals surface area (Å²) in [4.78, 5) is 12.4. The third-order valence-corrected chi connectivity index (χ3v) is 12.1. The number of aryl methyl sites for hydroxylation is 1. The standard InChI is InChI=1S/C30H42F3N5O3S/c1-5-37-12-8-28(9-13-37)17-23(18-28)42(40,41)22-6-7-25(21(4)16-22)35-27-34-19-24(30(31,32)33)26(36-27)38-14-10-29(39,11-15-38)20(2)3/h6-7,16,19-20,23,39H,5,8-15,17-18H2,1-4H3,(H,34,35,36). The molecule has 1 aromatic heterocycles. The highest BCUT2D eigenvalue weighted by molar-refractivity contribution is 7.92. The van der Waals surface area contributed by atoms with Crippen LogP contribution in [0.25, 0.3) is 0 Å². The maximum Gasteiger partial charge on any atom is 0.421 e. The van der Waals surface area contributed by atoms with E-state index in [0.29, 0.717) is 36.9 Å². The minimum Gasteiger partial charge on any atom is -0.389 e. The van der Waals surface area contributed by atoms with E-state index in [4.69, 9.17) is 0 Å². The average molecular weight is 610 g/mol. The summed E-state index contributed by atoms with van der Waals surface area (Å²) in [5, 5.41) is 13.4. The first kappa shape index (κ1) is 31.0. The lowest BCUT2D eigenvalue weighted by molar-refractivity contribution is -0.137. The molecule has 2 aliphatic heterocycles. The lowest BCUT2D eigenvalue weighted by Crippen LogP contribution is -2.51. The van der Waals surface area contributed by atoms with Gasteiger partial charge in [-0.1, -0.05) is 20.8 Å². The van der Waals surface area contributed by atoms with Gasteiger partial charge < -0.3 is 20.2 Å². The van der Waals surface area contributed by atoms with Crippen LogP contribution < -0.4 is 10.2 Å². The summed E-state index contributed by atoms with van der Waals surface area (Å²) in [6, 6.07) is 4.79. The number of piperidine rings is 2. The zero-order chi connectivity index (χ0) is 30.5. The number of benzene rings is 1. The fraction of sp³-hybridized carbons (Fsp3) is 0.667. The topological polar surface area (TPSA) is 98.7 Å². The van der Waals surface area contributed by atoms with Crippen molar-refractivity contribution < 1.29 is 26.7 Å². The quantitative estimate of drug-likeness (QED) is 0.421. The van der Waals surface area contributed by atoms with Gasteiger partial charge in [0.2, 0.25) is 5.95 Å². The highest BCUT2D eigenvalue weighted by Crippen LogP contribution is 2.52. The number of nitrogens with zero attached hydrogens (tertiary/aromatic N) is 4. The number of anilines is 3. The van der Waals surface area contributed by atoms with Crippen molar-refractivity contribution in [3.63, 3.8) is 0 Å². The van der Waals surface area contributed by atoms with Gasteiger partial charge in [0, 0.05) is 25.0 Å². The Kier molecular flexibility index (Phi) is 8.30. The lowest BCUT2D eigenvalue weighted by Gasteiger charge is -2.51. The summed E-state index contributed by atoms with van der Waals surface area (Å²) in [7, 11) is -3.49. The van der Waals surface area contributed by atoms with Crippen molar-refractivity contribution in [3.8, 4) is 0 Å². The largest absolute Gasteiger partial charge is 0.421 e. The van der Waals surface area contributed by atoms with E-state index in [2.05, 4.69) is 27.1 Å². The number of sulfone groups is 1. The Hall–Kier alpha value is -2.44. The maximum atomic E-state index is 13.9. The van der Waals surface area contributed by atoms with Gasteiger partial charge in [0.1, 0.15) is 11.4 Å². The van der Waals surface area contributed by atoms with Gasteiger partial charge in [-0.2, -0.15) is 18.2 Å². The zero-order valence-electron chi connectivity index (χ0n) is 24.8. The Morgan fingerprint density at radius 3 is 2.29 bits per heavy atom. The predicted octanol–water partition coefficient (Wildman–Crippen LogP) is 5.57. The van der Waals surface area contributed by atoms with Crippen LogP contribution in [-0.4, -0.2) is 72.0 Å². The third kappa shape index (κ3) is 5.99. The monoisotopic (exact) mass is 609 g/mol. The minimum absolute atomic E-state index is 0.0106. The molecular formula is C30H42F3N5O3S. The number of halogens is 3. The van der Waals surface area contributed by atoms with Gasteiger partial charge in [0.15, 0.2) is 9.84 Å². The molecule has 1 aromatic carbocycles. The number of alkyl halides is 3. The smallest absolute Gasteiger partial charge is 0.389 e. The van der Waals surface area contributed by atoms with E-state index in [1.54, 1.807) is 30.0 Å². The van der Waals surface area contributed by atoms with Gasteiger partial charge in [0.05, 0.1) is 15.7 Å². The van der Waals surface area contributed by atoms with Crippen molar-refractivity contribution in [2.24, 2.45) is 11.3 Å². The zero-order valence-corrected chi connectivity index (χ0v) is 25.7.